The molecule has 1 heterocycles. The van der Waals surface area contributed by atoms with Crippen molar-refractivity contribution < 1.29 is 28.2 Å². The number of amides is 1. The van der Waals surface area contributed by atoms with E-state index in [1.165, 1.54) is 38.7 Å². The van der Waals surface area contributed by atoms with Gasteiger partial charge >= 0.3 is 5.97 Å². The van der Waals surface area contributed by atoms with Crippen LogP contribution in [0.1, 0.15) is 26.5 Å². The first-order valence-corrected chi connectivity index (χ1v) is 9.12. The lowest BCUT2D eigenvalue weighted by molar-refractivity contribution is 0.0551. The normalized spacial score (nSPS) is 10.6. The van der Waals surface area contributed by atoms with Gasteiger partial charge in [0.15, 0.2) is 17.3 Å². The highest BCUT2D eigenvalue weighted by Crippen LogP contribution is 2.34. The van der Waals surface area contributed by atoms with Gasteiger partial charge in [-0.15, -0.1) is 0 Å². The molecule has 7 nitrogen and oxygen atoms in total. The van der Waals surface area contributed by atoms with Gasteiger partial charge in [-0.2, -0.15) is 0 Å². The monoisotopic (exact) mass is 407 g/mol. The summed E-state index contributed by atoms with van der Waals surface area (Å²) in [6, 6.07) is 15.7. The number of nitrogens with one attached hydrogen (secondary N) is 1. The summed E-state index contributed by atoms with van der Waals surface area (Å²) in [6.07, 6.45) is 4.97. The van der Waals surface area contributed by atoms with E-state index in [1.807, 2.05) is 36.4 Å². The van der Waals surface area contributed by atoms with Gasteiger partial charge in [0.05, 0.1) is 31.7 Å². The molecule has 30 heavy (non-hydrogen) atoms. The van der Waals surface area contributed by atoms with Crippen molar-refractivity contribution in [3.05, 3.63) is 83.8 Å². The van der Waals surface area contributed by atoms with Gasteiger partial charge in [0, 0.05) is 12.1 Å². The predicted octanol–water partition coefficient (Wildman–Crippen LogP) is 4.42. The van der Waals surface area contributed by atoms with Crippen molar-refractivity contribution in [3.63, 3.8) is 0 Å². The predicted molar refractivity (Wildman–Crippen MR) is 112 cm³/mol. The molecule has 0 unspecified atom stereocenters. The molecular formula is C23H21NO6. The molecule has 1 amide bonds. The second kappa shape index (κ2) is 9.97. The van der Waals surface area contributed by atoms with E-state index in [0.717, 1.165) is 5.56 Å². The maximum absolute atomic E-state index is 12.7. The number of ether oxygens (including phenoxy) is 3. The number of benzene rings is 2. The lowest BCUT2D eigenvalue weighted by Crippen LogP contribution is -2.16. The highest BCUT2D eigenvalue weighted by atomic mass is 16.5. The van der Waals surface area contributed by atoms with Gasteiger partial charge < -0.3 is 23.9 Å². The van der Waals surface area contributed by atoms with Gasteiger partial charge in [-0.05, 0) is 23.8 Å². The molecule has 154 valence electrons. The number of methoxy groups -OCH3 is 2. The fourth-order valence-corrected chi connectivity index (χ4v) is 2.69. The molecule has 1 aromatic heterocycles. The van der Waals surface area contributed by atoms with Crippen LogP contribution in [0.4, 0.5) is 5.69 Å². The van der Waals surface area contributed by atoms with Gasteiger partial charge in [0.2, 0.25) is 0 Å². The molecule has 0 aliphatic heterocycles. The first-order valence-electron chi connectivity index (χ1n) is 9.12. The van der Waals surface area contributed by atoms with Crippen molar-refractivity contribution >= 4 is 23.6 Å². The Morgan fingerprint density at radius 3 is 2.40 bits per heavy atom. The van der Waals surface area contributed by atoms with Crippen molar-refractivity contribution in [3.8, 4) is 11.5 Å². The van der Waals surface area contributed by atoms with Crippen molar-refractivity contribution in [1.82, 2.24) is 0 Å². The average Bonchev–Trinajstić information content (AvgIpc) is 3.32. The first kappa shape index (κ1) is 20.7. The Morgan fingerprint density at radius 2 is 1.73 bits per heavy atom. The minimum atomic E-state index is -0.622. The summed E-state index contributed by atoms with van der Waals surface area (Å²) >= 11 is 0. The van der Waals surface area contributed by atoms with Crippen LogP contribution in [0.2, 0.25) is 0 Å². The van der Waals surface area contributed by atoms with E-state index in [4.69, 9.17) is 18.6 Å². The fraction of sp³-hybridized carbons (Fsp3) is 0.130. The summed E-state index contributed by atoms with van der Waals surface area (Å²) in [4.78, 5) is 25.1. The third-order valence-corrected chi connectivity index (χ3v) is 4.16. The molecule has 0 saturated heterocycles. The molecule has 0 bridgehead atoms. The van der Waals surface area contributed by atoms with Gasteiger partial charge in [0.25, 0.3) is 5.91 Å². The number of rotatable bonds is 8. The molecule has 0 radical (unpaired) electrons. The maximum atomic E-state index is 12.7. The van der Waals surface area contributed by atoms with Crippen molar-refractivity contribution in [2.24, 2.45) is 0 Å². The Kier molecular flexibility index (Phi) is 6.89. The maximum Gasteiger partial charge on any atom is 0.340 e. The Morgan fingerprint density at radius 1 is 1.00 bits per heavy atom. The lowest BCUT2D eigenvalue weighted by atomic mass is 10.1. The number of anilines is 1. The number of hydrogen-bond acceptors (Lipinski definition) is 6. The van der Waals surface area contributed by atoms with Gasteiger partial charge in [0.1, 0.15) is 6.61 Å². The van der Waals surface area contributed by atoms with Crippen molar-refractivity contribution in [1.29, 1.82) is 0 Å². The van der Waals surface area contributed by atoms with Crippen LogP contribution in [0.3, 0.4) is 0 Å². The third-order valence-electron chi connectivity index (χ3n) is 4.16. The van der Waals surface area contributed by atoms with Crippen LogP contribution in [0.5, 0.6) is 11.5 Å². The summed E-state index contributed by atoms with van der Waals surface area (Å²) in [5.41, 5.74) is 1.33. The van der Waals surface area contributed by atoms with Crippen LogP contribution < -0.4 is 14.8 Å². The minimum absolute atomic E-state index is 0.0631. The molecule has 0 spiro atoms. The van der Waals surface area contributed by atoms with Crippen LogP contribution in [0.25, 0.3) is 6.08 Å². The SMILES string of the molecule is COc1cc(NC(=O)c2ccco2)c(C(=O)OC/C=C/c2ccccc2)cc1OC. The zero-order chi connectivity index (χ0) is 21.3. The lowest BCUT2D eigenvalue weighted by Gasteiger charge is -2.14. The number of esters is 1. The summed E-state index contributed by atoms with van der Waals surface area (Å²) in [7, 11) is 2.92. The largest absolute Gasteiger partial charge is 0.493 e. The van der Waals surface area contributed by atoms with Crippen LogP contribution in [-0.2, 0) is 4.74 Å². The molecule has 3 rings (SSSR count). The van der Waals surface area contributed by atoms with Crippen LogP contribution in [-0.4, -0.2) is 32.7 Å². The Labute approximate surface area is 173 Å². The standard InChI is InChI=1S/C23H21NO6/c1-27-20-14-17(23(26)30-13-6-10-16-8-4-3-5-9-16)18(15-21(20)28-2)24-22(25)19-11-7-12-29-19/h3-12,14-15H,13H2,1-2H3,(H,24,25)/b10-6+. The van der Waals surface area contributed by atoms with E-state index in [-0.39, 0.29) is 23.6 Å². The Bertz CT molecular complexity index is 1030. The highest BCUT2D eigenvalue weighted by Gasteiger charge is 2.20. The molecular weight excluding hydrogens is 386 g/mol. The molecule has 0 fully saturated rings. The average molecular weight is 407 g/mol. The van der Waals surface area contributed by atoms with Crippen LogP contribution in [0, 0.1) is 0 Å². The van der Waals surface area contributed by atoms with E-state index < -0.39 is 11.9 Å². The van der Waals surface area contributed by atoms with E-state index in [1.54, 1.807) is 12.1 Å². The Hall–Kier alpha value is -4.00. The van der Waals surface area contributed by atoms with Gasteiger partial charge in [-0.25, -0.2) is 4.79 Å². The number of carbonyl (C=O) groups excluding carboxylic acids is 2. The van der Waals surface area contributed by atoms with Gasteiger partial charge in [-0.1, -0.05) is 36.4 Å². The topological polar surface area (TPSA) is 87.0 Å². The molecule has 3 aromatic rings. The van der Waals surface area contributed by atoms with Crippen molar-refractivity contribution in [2.75, 3.05) is 26.1 Å². The fourth-order valence-electron chi connectivity index (χ4n) is 2.69. The van der Waals surface area contributed by atoms with Crippen LogP contribution in [0.15, 0.2) is 71.4 Å². The number of hydrogen-bond donors (Lipinski definition) is 1. The molecule has 0 aliphatic carbocycles. The summed E-state index contributed by atoms with van der Waals surface area (Å²) in [5.74, 6) is -0.336. The number of furan rings is 1. The van der Waals surface area contributed by atoms with Crippen LogP contribution >= 0.6 is 0 Å². The van der Waals surface area contributed by atoms with E-state index in [2.05, 4.69) is 5.32 Å². The van der Waals surface area contributed by atoms with Crippen molar-refractivity contribution in [2.45, 2.75) is 0 Å². The highest BCUT2D eigenvalue weighted by molar-refractivity contribution is 6.07. The van der Waals surface area contributed by atoms with Gasteiger partial charge in [-0.3, -0.25) is 4.79 Å². The molecule has 7 heteroatoms. The summed E-state index contributed by atoms with van der Waals surface area (Å²) < 4.78 is 21.0. The van der Waals surface area contributed by atoms with E-state index in [0.29, 0.717) is 11.5 Å². The molecule has 2 aromatic carbocycles. The smallest absolute Gasteiger partial charge is 0.340 e. The van der Waals surface area contributed by atoms with E-state index >= 15 is 0 Å². The minimum Gasteiger partial charge on any atom is -0.493 e. The zero-order valence-electron chi connectivity index (χ0n) is 16.6. The molecule has 1 N–H and O–H groups in total. The molecule has 0 atom stereocenters. The Balaban J connectivity index is 1.79. The molecule has 0 aliphatic rings. The zero-order valence-corrected chi connectivity index (χ0v) is 16.6. The second-order valence-electron chi connectivity index (χ2n) is 6.10. The summed E-state index contributed by atoms with van der Waals surface area (Å²) in [5, 5.41) is 2.65. The van der Waals surface area contributed by atoms with E-state index in [9.17, 15) is 9.59 Å². The third kappa shape index (κ3) is 5.08. The molecule has 0 saturated carbocycles. The first-order chi connectivity index (χ1) is 14.6. The second-order valence-corrected chi connectivity index (χ2v) is 6.10. The quantitative estimate of drug-likeness (QED) is 0.556. The summed E-state index contributed by atoms with van der Waals surface area (Å²) in [6.45, 7) is 0.0631. The number of carbonyl (C=O) groups is 2.